The number of nitrogens with zero attached hydrogens (tertiary/aromatic N) is 1. The molecule has 3 nitrogen and oxygen atoms in total. The van der Waals surface area contributed by atoms with E-state index in [9.17, 15) is 4.79 Å². The number of hydrogen-bond acceptors (Lipinski definition) is 2. The van der Waals surface area contributed by atoms with E-state index in [1.807, 2.05) is 44.2 Å². The molecule has 0 unspecified atom stereocenters. The highest BCUT2D eigenvalue weighted by Crippen LogP contribution is 2.38. The molecule has 1 aromatic carbocycles. The van der Waals surface area contributed by atoms with Gasteiger partial charge in [-0.15, -0.1) is 0 Å². The molecule has 92 valence electrons. The van der Waals surface area contributed by atoms with Gasteiger partial charge in [0.1, 0.15) is 5.69 Å². The summed E-state index contributed by atoms with van der Waals surface area (Å²) in [5, 5.41) is 7.36. The van der Waals surface area contributed by atoms with Crippen LogP contribution in [-0.2, 0) is 6.42 Å². The molecule has 3 rings (SSSR count). The van der Waals surface area contributed by atoms with Crippen molar-refractivity contribution >= 4 is 5.78 Å². The molecular weight excluding hydrogens is 224 g/mol. The largest absolute Gasteiger partial charge is 0.293 e. The predicted molar refractivity (Wildman–Crippen MR) is 70.5 cm³/mol. The Bertz CT molecular complexity index is 596. The van der Waals surface area contributed by atoms with E-state index in [1.165, 1.54) is 0 Å². The van der Waals surface area contributed by atoms with Crippen LogP contribution in [0, 0.1) is 5.41 Å². The lowest BCUT2D eigenvalue weighted by Gasteiger charge is -2.27. The van der Waals surface area contributed by atoms with Crippen molar-refractivity contribution in [3.05, 3.63) is 41.6 Å². The predicted octanol–water partition coefficient (Wildman–Crippen LogP) is 3.23. The first-order valence-electron chi connectivity index (χ1n) is 6.27. The fourth-order valence-electron chi connectivity index (χ4n) is 2.50. The lowest BCUT2D eigenvalue weighted by molar-refractivity contribution is 0.0811. The number of benzene rings is 1. The molecule has 0 atom stereocenters. The standard InChI is InChI=1S/C15H16N2O/c1-15(2)9-8-11-12(14(15)18)13(17-16-11)10-6-4-3-5-7-10/h3-7H,8-9H2,1-2H3,(H,16,17). The first kappa shape index (κ1) is 11.2. The zero-order chi connectivity index (χ0) is 12.8. The monoisotopic (exact) mass is 240 g/mol. The molecule has 2 aromatic rings. The number of H-pyrrole nitrogens is 1. The van der Waals surface area contributed by atoms with Gasteiger partial charge in [0.15, 0.2) is 5.78 Å². The number of aryl methyl sites for hydroxylation is 1. The van der Waals surface area contributed by atoms with Crippen LogP contribution in [0.25, 0.3) is 11.3 Å². The molecule has 0 saturated carbocycles. The van der Waals surface area contributed by atoms with Crippen LogP contribution in [-0.4, -0.2) is 16.0 Å². The minimum absolute atomic E-state index is 0.205. The quantitative estimate of drug-likeness (QED) is 0.831. The van der Waals surface area contributed by atoms with Crippen LogP contribution < -0.4 is 0 Å². The van der Waals surface area contributed by atoms with E-state index >= 15 is 0 Å². The van der Waals surface area contributed by atoms with Gasteiger partial charge in [-0.25, -0.2) is 0 Å². The zero-order valence-electron chi connectivity index (χ0n) is 10.7. The van der Waals surface area contributed by atoms with Crippen LogP contribution in [0.5, 0.6) is 0 Å². The van der Waals surface area contributed by atoms with Gasteiger partial charge in [0.25, 0.3) is 0 Å². The number of nitrogens with one attached hydrogen (secondary N) is 1. The Balaban J connectivity index is 2.16. The highest BCUT2D eigenvalue weighted by atomic mass is 16.1. The highest BCUT2D eigenvalue weighted by Gasteiger charge is 2.37. The van der Waals surface area contributed by atoms with Crippen LogP contribution in [0.2, 0.25) is 0 Å². The Hall–Kier alpha value is -1.90. The molecule has 18 heavy (non-hydrogen) atoms. The number of Topliss-reactive ketones (excluding diaryl/α,β-unsaturated/α-hetero) is 1. The zero-order valence-corrected chi connectivity index (χ0v) is 10.7. The molecule has 1 aliphatic carbocycles. The van der Waals surface area contributed by atoms with Crippen molar-refractivity contribution in [2.45, 2.75) is 26.7 Å². The average molecular weight is 240 g/mol. The molecule has 1 N–H and O–H groups in total. The van der Waals surface area contributed by atoms with Crippen LogP contribution in [0.1, 0.15) is 36.3 Å². The van der Waals surface area contributed by atoms with E-state index in [1.54, 1.807) is 0 Å². The van der Waals surface area contributed by atoms with Crippen molar-refractivity contribution in [2.24, 2.45) is 5.41 Å². The van der Waals surface area contributed by atoms with Gasteiger partial charge in [0.2, 0.25) is 0 Å². The molecule has 1 aromatic heterocycles. The summed E-state index contributed by atoms with van der Waals surface area (Å²) in [6.07, 6.45) is 1.78. The summed E-state index contributed by atoms with van der Waals surface area (Å²) in [5.41, 5.74) is 3.29. The molecule has 3 heteroatoms. The lowest BCUT2D eigenvalue weighted by Crippen LogP contribution is -2.30. The molecular formula is C15H16N2O. The summed E-state index contributed by atoms with van der Waals surface area (Å²) in [4.78, 5) is 12.5. The maximum Gasteiger partial charge on any atom is 0.172 e. The van der Waals surface area contributed by atoms with Gasteiger partial charge in [-0.3, -0.25) is 9.89 Å². The SMILES string of the molecule is CC1(C)CCc2[nH]nc(-c3ccccc3)c2C1=O. The van der Waals surface area contributed by atoms with Crippen LogP contribution in [0.3, 0.4) is 0 Å². The third-order valence-electron chi connectivity index (χ3n) is 3.73. The van der Waals surface area contributed by atoms with Crippen LogP contribution in [0.15, 0.2) is 30.3 Å². The molecule has 0 bridgehead atoms. The Labute approximate surface area is 106 Å². The summed E-state index contributed by atoms with van der Waals surface area (Å²) in [6, 6.07) is 9.88. The topological polar surface area (TPSA) is 45.8 Å². The summed E-state index contributed by atoms with van der Waals surface area (Å²) < 4.78 is 0. The van der Waals surface area contributed by atoms with E-state index in [0.717, 1.165) is 35.4 Å². The number of carbonyl (C=O) groups is 1. The molecule has 0 saturated heterocycles. The molecule has 1 aliphatic rings. The number of aromatic nitrogens is 2. The summed E-state index contributed by atoms with van der Waals surface area (Å²) in [7, 11) is 0. The summed E-state index contributed by atoms with van der Waals surface area (Å²) in [5.74, 6) is 0.205. The maximum absolute atomic E-state index is 12.5. The fraction of sp³-hybridized carbons (Fsp3) is 0.333. The van der Waals surface area contributed by atoms with Crippen molar-refractivity contribution in [2.75, 3.05) is 0 Å². The van der Waals surface area contributed by atoms with E-state index in [4.69, 9.17) is 0 Å². The Morgan fingerprint density at radius 1 is 1.22 bits per heavy atom. The van der Waals surface area contributed by atoms with Gasteiger partial charge >= 0.3 is 0 Å². The smallest absolute Gasteiger partial charge is 0.172 e. The fourth-order valence-corrected chi connectivity index (χ4v) is 2.50. The molecule has 0 amide bonds. The second kappa shape index (κ2) is 3.80. The van der Waals surface area contributed by atoms with E-state index in [0.29, 0.717) is 0 Å². The first-order chi connectivity index (χ1) is 8.59. The van der Waals surface area contributed by atoms with Gasteiger partial charge in [0.05, 0.1) is 5.56 Å². The van der Waals surface area contributed by atoms with Crippen molar-refractivity contribution in [3.8, 4) is 11.3 Å². The van der Waals surface area contributed by atoms with E-state index < -0.39 is 0 Å². The Morgan fingerprint density at radius 3 is 2.67 bits per heavy atom. The lowest BCUT2D eigenvalue weighted by atomic mass is 9.74. The van der Waals surface area contributed by atoms with Crippen molar-refractivity contribution < 1.29 is 4.79 Å². The third-order valence-corrected chi connectivity index (χ3v) is 3.73. The van der Waals surface area contributed by atoms with E-state index in [-0.39, 0.29) is 11.2 Å². The number of carbonyl (C=O) groups excluding carboxylic acids is 1. The third kappa shape index (κ3) is 1.58. The Kier molecular flexibility index (Phi) is 2.37. The summed E-state index contributed by atoms with van der Waals surface area (Å²) in [6.45, 7) is 4.03. The van der Waals surface area contributed by atoms with Gasteiger partial charge < -0.3 is 0 Å². The van der Waals surface area contributed by atoms with Gasteiger partial charge in [0, 0.05) is 16.7 Å². The van der Waals surface area contributed by atoms with Gasteiger partial charge in [-0.2, -0.15) is 5.10 Å². The average Bonchev–Trinajstić information content (AvgIpc) is 2.80. The Morgan fingerprint density at radius 2 is 1.94 bits per heavy atom. The number of aromatic amines is 1. The number of hydrogen-bond donors (Lipinski definition) is 1. The normalized spacial score (nSPS) is 17.6. The van der Waals surface area contributed by atoms with Crippen LogP contribution >= 0.6 is 0 Å². The van der Waals surface area contributed by atoms with Crippen molar-refractivity contribution in [1.82, 2.24) is 10.2 Å². The van der Waals surface area contributed by atoms with E-state index in [2.05, 4.69) is 10.2 Å². The number of rotatable bonds is 1. The maximum atomic E-state index is 12.5. The molecule has 1 heterocycles. The van der Waals surface area contributed by atoms with Crippen molar-refractivity contribution in [1.29, 1.82) is 0 Å². The number of fused-ring (bicyclic) bond motifs is 1. The van der Waals surface area contributed by atoms with Gasteiger partial charge in [-0.05, 0) is 12.8 Å². The minimum atomic E-state index is -0.277. The second-order valence-corrected chi connectivity index (χ2v) is 5.50. The molecule has 0 radical (unpaired) electrons. The number of ketones is 1. The second-order valence-electron chi connectivity index (χ2n) is 5.50. The minimum Gasteiger partial charge on any atom is -0.293 e. The van der Waals surface area contributed by atoms with Crippen molar-refractivity contribution in [3.63, 3.8) is 0 Å². The highest BCUT2D eigenvalue weighted by molar-refractivity contribution is 6.06. The molecule has 0 aliphatic heterocycles. The first-order valence-corrected chi connectivity index (χ1v) is 6.27. The molecule has 0 fully saturated rings. The molecule has 0 spiro atoms. The van der Waals surface area contributed by atoms with Gasteiger partial charge in [-0.1, -0.05) is 44.2 Å². The summed E-state index contributed by atoms with van der Waals surface area (Å²) >= 11 is 0. The van der Waals surface area contributed by atoms with Crippen LogP contribution in [0.4, 0.5) is 0 Å².